The first-order valence-electron chi connectivity index (χ1n) is 10.5. The lowest BCUT2D eigenvalue weighted by molar-refractivity contribution is -0.185. The highest BCUT2D eigenvalue weighted by atomic mass is 31.2. The van der Waals surface area contributed by atoms with Gasteiger partial charge in [-0.1, -0.05) is 60.7 Å². The van der Waals surface area contributed by atoms with Gasteiger partial charge in [0.05, 0.1) is 17.2 Å². The van der Waals surface area contributed by atoms with E-state index in [0.29, 0.717) is 0 Å². The smallest absolute Gasteiger partial charge is 0.116 e. The first-order chi connectivity index (χ1) is 14.3. The fourth-order valence-electron chi connectivity index (χ4n) is 4.78. The van der Waals surface area contributed by atoms with Gasteiger partial charge < -0.3 is 5.21 Å². The van der Waals surface area contributed by atoms with Crippen molar-refractivity contribution in [3.63, 3.8) is 0 Å². The van der Waals surface area contributed by atoms with Gasteiger partial charge in [-0.05, 0) is 69.7 Å². The van der Waals surface area contributed by atoms with Crippen LogP contribution in [0.2, 0.25) is 0 Å². The van der Waals surface area contributed by atoms with Crippen molar-refractivity contribution in [3.05, 3.63) is 103 Å². The van der Waals surface area contributed by atoms with Gasteiger partial charge in [0.15, 0.2) is 0 Å². The van der Waals surface area contributed by atoms with E-state index in [-0.39, 0.29) is 0 Å². The second-order valence-electron chi connectivity index (χ2n) is 9.17. The van der Waals surface area contributed by atoms with Crippen LogP contribution in [-0.4, -0.2) is 27.5 Å². The summed E-state index contributed by atoms with van der Waals surface area (Å²) in [5.41, 5.74) is 0.478. The highest BCUT2D eigenvalue weighted by molar-refractivity contribution is 7.95. The van der Waals surface area contributed by atoms with Crippen molar-refractivity contribution < 1.29 is 5.21 Å². The van der Waals surface area contributed by atoms with E-state index in [2.05, 4.69) is 125 Å². The molecule has 0 amide bonds. The van der Waals surface area contributed by atoms with Gasteiger partial charge in [0, 0.05) is 0 Å². The van der Waals surface area contributed by atoms with Crippen LogP contribution in [0, 0.1) is 0 Å². The summed E-state index contributed by atoms with van der Waals surface area (Å²) < 4.78 is 0. The average molecular weight is 417 g/mol. The Morgan fingerprint density at radius 1 is 0.667 bits per heavy atom. The molecular formula is C27H31NOP+. The fraction of sp³-hybridized carbons (Fsp3) is 0.259. The maximum absolute atomic E-state index is 11.0. The van der Waals surface area contributed by atoms with E-state index in [1.165, 1.54) is 26.5 Å². The van der Waals surface area contributed by atoms with Crippen molar-refractivity contribution >= 4 is 23.2 Å². The van der Waals surface area contributed by atoms with Gasteiger partial charge in [-0.15, -0.1) is 0 Å². The van der Waals surface area contributed by atoms with Crippen LogP contribution >= 0.6 is 7.26 Å². The summed E-state index contributed by atoms with van der Waals surface area (Å²) in [6, 6.07) is 32.8. The Morgan fingerprint density at radius 2 is 1.03 bits per heavy atom. The first-order valence-corrected chi connectivity index (χ1v) is 12.5. The van der Waals surface area contributed by atoms with Crippen molar-refractivity contribution in [3.8, 4) is 0 Å². The normalized spacial score (nSPS) is 18.2. The van der Waals surface area contributed by atoms with E-state index in [9.17, 15) is 5.21 Å². The van der Waals surface area contributed by atoms with Crippen LogP contribution < -0.4 is 15.9 Å². The molecule has 3 heteroatoms. The third-order valence-corrected chi connectivity index (χ3v) is 10.7. The average Bonchev–Trinajstić information content (AvgIpc) is 2.92. The molecule has 0 bridgehead atoms. The summed E-state index contributed by atoms with van der Waals surface area (Å²) in [5.74, 6) is 0. The van der Waals surface area contributed by atoms with Crippen LogP contribution in [0.15, 0.2) is 103 Å². The summed E-state index contributed by atoms with van der Waals surface area (Å²) in [6.07, 6.45) is 3.18. The zero-order valence-corrected chi connectivity index (χ0v) is 19.2. The molecule has 1 heterocycles. The van der Waals surface area contributed by atoms with Crippen molar-refractivity contribution in [2.75, 3.05) is 6.16 Å². The zero-order valence-electron chi connectivity index (χ0n) is 18.3. The molecule has 3 aromatic rings. The van der Waals surface area contributed by atoms with Gasteiger partial charge in [-0.25, -0.2) is 0 Å². The molecule has 154 valence electrons. The van der Waals surface area contributed by atoms with Crippen molar-refractivity contribution in [2.24, 2.45) is 0 Å². The van der Waals surface area contributed by atoms with Crippen LogP contribution in [0.3, 0.4) is 0 Å². The molecule has 0 fully saturated rings. The molecule has 30 heavy (non-hydrogen) atoms. The molecule has 0 unspecified atom stereocenters. The number of benzene rings is 3. The third-order valence-electron chi connectivity index (χ3n) is 6.39. The Labute approximate surface area is 181 Å². The molecule has 0 aromatic heterocycles. The zero-order chi connectivity index (χ0) is 21.4. The minimum absolute atomic E-state index is 0.390. The van der Waals surface area contributed by atoms with E-state index in [4.69, 9.17) is 0 Å². The maximum Gasteiger partial charge on any atom is 0.116 e. The predicted octanol–water partition coefficient (Wildman–Crippen LogP) is 5.17. The minimum Gasteiger partial charge on any atom is -0.312 e. The second kappa shape index (κ2) is 7.78. The molecule has 0 radical (unpaired) electrons. The van der Waals surface area contributed by atoms with Gasteiger partial charge in [0.2, 0.25) is 0 Å². The van der Waals surface area contributed by atoms with Crippen LogP contribution in [-0.2, 0) is 0 Å². The Kier molecular flexibility index (Phi) is 5.45. The van der Waals surface area contributed by atoms with E-state index in [1.54, 1.807) is 0 Å². The molecule has 0 aliphatic carbocycles. The molecule has 1 aliphatic rings. The maximum atomic E-state index is 11.0. The Morgan fingerprint density at radius 3 is 1.33 bits per heavy atom. The van der Waals surface area contributed by atoms with Crippen LogP contribution in [0.25, 0.3) is 0 Å². The molecule has 0 saturated carbocycles. The number of hydrogen-bond donors (Lipinski definition) is 1. The van der Waals surface area contributed by atoms with Gasteiger partial charge in [-0.2, -0.15) is 5.06 Å². The van der Waals surface area contributed by atoms with Crippen molar-refractivity contribution in [1.29, 1.82) is 0 Å². The topological polar surface area (TPSA) is 23.5 Å². The molecule has 0 saturated heterocycles. The Bertz CT molecular complexity index is 930. The minimum atomic E-state index is -1.97. The van der Waals surface area contributed by atoms with E-state index < -0.39 is 18.3 Å². The van der Waals surface area contributed by atoms with Crippen LogP contribution in [0.4, 0.5) is 0 Å². The highest BCUT2D eigenvalue weighted by Gasteiger charge is 2.53. The summed E-state index contributed by atoms with van der Waals surface area (Å²) in [7, 11) is -1.97. The lowest BCUT2D eigenvalue weighted by Crippen LogP contribution is -2.48. The summed E-state index contributed by atoms with van der Waals surface area (Å²) in [4.78, 5) is 0. The second-order valence-corrected chi connectivity index (χ2v) is 12.7. The van der Waals surface area contributed by atoms with Crippen molar-refractivity contribution in [1.82, 2.24) is 5.06 Å². The first kappa shape index (κ1) is 21.0. The molecule has 1 N–H and O–H groups in total. The lowest BCUT2D eigenvalue weighted by atomic mass is 9.98. The van der Waals surface area contributed by atoms with Gasteiger partial charge in [0.1, 0.15) is 23.2 Å². The molecule has 3 aromatic carbocycles. The van der Waals surface area contributed by atoms with Crippen LogP contribution in [0.1, 0.15) is 27.7 Å². The summed E-state index contributed by atoms with van der Waals surface area (Å²) in [5, 5.41) is 16.6. The number of hydrogen-bond acceptors (Lipinski definition) is 2. The molecular weight excluding hydrogens is 385 g/mol. The SMILES string of the molecule is CC1(C)C=C(C[P+](c2ccccc2)(c2ccccc2)c2ccccc2)C(C)(C)N1O. The molecule has 4 rings (SSSR count). The summed E-state index contributed by atoms with van der Waals surface area (Å²) >= 11 is 0. The van der Waals surface area contributed by atoms with Crippen LogP contribution in [0.5, 0.6) is 0 Å². The molecule has 0 atom stereocenters. The monoisotopic (exact) mass is 416 g/mol. The molecule has 0 spiro atoms. The van der Waals surface area contributed by atoms with Gasteiger partial charge in [-0.3, -0.25) is 0 Å². The molecule has 2 nitrogen and oxygen atoms in total. The number of nitrogens with zero attached hydrogens (tertiary/aromatic N) is 1. The quantitative estimate of drug-likeness (QED) is 0.458. The standard InChI is InChI=1S/C27H31NOP/c1-26(2)20-22(27(3,4)28(26)29)21-30(23-14-8-5-9-15-23,24-16-10-6-11-17-24)25-18-12-7-13-19-25/h5-20,29H,21H2,1-4H3/q+1. The number of hydroxylamine groups is 2. The van der Waals surface area contributed by atoms with Gasteiger partial charge >= 0.3 is 0 Å². The Balaban J connectivity index is 1.99. The van der Waals surface area contributed by atoms with E-state index in [0.717, 1.165) is 6.16 Å². The molecule has 1 aliphatic heterocycles. The van der Waals surface area contributed by atoms with Gasteiger partial charge in [0.25, 0.3) is 0 Å². The van der Waals surface area contributed by atoms with E-state index >= 15 is 0 Å². The summed E-state index contributed by atoms with van der Waals surface area (Å²) in [6.45, 7) is 8.41. The van der Waals surface area contributed by atoms with Crippen molar-refractivity contribution in [2.45, 2.75) is 38.8 Å². The third kappa shape index (κ3) is 3.44. The van der Waals surface area contributed by atoms with E-state index in [1.807, 2.05) is 0 Å². The Hall–Kier alpha value is -2.25. The lowest BCUT2D eigenvalue weighted by Gasteiger charge is -2.37. The largest absolute Gasteiger partial charge is 0.312 e. The predicted molar refractivity (Wildman–Crippen MR) is 130 cm³/mol. The fourth-order valence-corrected chi connectivity index (χ4v) is 9.26. The number of rotatable bonds is 5. The highest BCUT2D eigenvalue weighted by Crippen LogP contribution is 2.59.